The molecule has 0 aromatic heterocycles. The predicted molar refractivity (Wildman–Crippen MR) is 86.9 cm³/mol. The smallest absolute Gasteiger partial charge is 0.0521 e. The first-order chi connectivity index (χ1) is 10.4. The Labute approximate surface area is 128 Å². The number of piperazine rings is 1. The molecule has 2 heterocycles. The Morgan fingerprint density at radius 1 is 1.14 bits per heavy atom. The van der Waals surface area contributed by atoms with Crippen LogP contribution in [0.25, 0.3) is 0 Å². The Balaban J connectivity index is 1.49. The number of benzene rings is 1. The maximum atomic E-state index is 5.67. The van der Waals surface area contributed by atoms with Crippen LogP contribution >= 0.6 is 0 Å². The fraction of sp³-hybridized carbons (Fsp3) is 0.647. The van der Waals surface area contributed by atoms with E-state index in [2.05, 4.69) is 52.5 Å². The van der Waals surface area contributed by atoms with Crippen LogP contribution in [0.4, 0.5) is 5.69 Å². The van der Waals surface area contributed by atoms with E-state index < -0.39 is 0 Å². The summed E-state index contributed by atoms with van der Waals surface area (Å²) in [6.07, 6.45) is 1.14. The molecule has 2 unspecified atom stereocenters. The van der Waals surface area contributed by atoms with Gasteiger partial charge in [-0.3, -0.25) is 4.90 Å². The van der Waals surface area contributed by atoms with Gasteiger partial charge in [0, 0.05) is 57.0 Å². The van der Waals surface area contributed by atoms with Crippen molar-refractivity contribution in [2.24, 2.45) is 5.92 Å². The molecule has 0 radical (unpaired) electrons. The third-order valence-corrected chi connectivity index (χ3v) is 4.83. The molecule has 1 aromatic rings. The maximum absolute atomic E-state index is 5.67. The molecule has 21 heavy (non-hydrogen) atoms. The van der Waals surface area contributed by atoms with Gasteiger partial charge in [0.1, 0.15) is 0 Å². The van der Waals surface area contributed by atoms with Crippen LogP contribution in [0.5, 0.6) is 0 Å². The highest BCUT2D eigenvalue weighted by Crippen LogP contribution is 2.19. The van der Waals surface area contributed by atoms with Gasteiger partial charge in [0.2, 0.25) is 0 Å². The fourth-order valence-corrected chi connectivity index (χ4v) is 3.52. The number of anilines is 1. The summed E-state index contributed by atoms with van der Waals surface area (Å²) in [4.78, 5) is 5.09. The van der Waals surface area contributed by atoms with Gasteiger partial charge >= 0.3 is 0 Å². The minimum Gasteiger partial charge on any atom is -0.381 e. The van der Waals surface area contributed by atoms with Gasteiger partial charge < -0.3 is 15.0 Å². The average molecular weight is 289 g/mol. The summed E-state index contributed by atoms with van der Waals surface area (Å²) in [5, 5.41) is 3.46. The molecular weight excluding hydrogens is 262 g/mol. The highest BCUT2D eigenvalue weighted by atomic mass is 16.5. The van der Waals surface area contributed by atoms with Gasteiger partial charge in [0.15, 0.2) is 0 Å². The molecule has 4 nitrogen and oxygen atoms in total. The SMILES string of the molecule is CNC1CCOCC1CN1CCN(c2ccccc2)CC1. The van der Waals surface area contributed by atoms with Crippen molar-refractivity contribution in [3.8, 4) is 0 Å². The predicted octanol–water partition coefficient (Wildman–Crippen LogP) is 1.43. The van der Waals surface area contributed by atoms with Crippen molar-refractivity contribution in [2.75, 3.05) is 57.9 Å². The highest BCUT2D eigenvalue weighted by Gasteiger charge is 2.27. The Morgan fingerprint density at radius 2 is 1.90 bits per heavy atom. The van der Waals surface area contributed by atoms with E-state index in [4.69, 9.17) is 4.74 Å². The lowest BCUT2D eigenvalue weighted by Crippen LogP contribution is -2.52. The quantitative estimate of drug-likeness (QED) is 0.907. The summed E-state index contributed by atoms with van der Waals surface area (Å²) >= 11 is 0. The van der Waals surface area contributed by atoms with Crippen molar-refractivity contribution < 1.29 is 4.74 Å². The first kappa shape index (κ1) is 14.8. The molecule has 1 aromatic carbocycles. The first-order valence-corrected chi connectivity index (χ1v) is 8.14. The van der Waals surface area contributed by atoms with Gasteiger partial charge in [0.05, 0.1) is 6.61 Å². The zero-order chi connectivity index (χ0) is 14.5. The zero-order valence-corrected chi connectivity index (χ0v) is 13.0. The molecule has 0 amide bonds. The zero-order valence-electron chi connectivity index (χ0n) is 13.0. The first-order valence-electron chi connectivity index (χ1n) is 8.14. The Hall–Kier alpha value is -1.10. The standard InChI is InChI=1S/C17H27N3O/c1-18-17-7-12-21-14-15(17)13-19-8-10-20(11-9-19)16-5-3-2-4-6-16/h2-6,15,17-18H,7-14H2,1H3. The number of nitrogens with one attached hydrogen (secondary N) is 1. The summed E-state index contributed by atoms with van der Waals surface area (Å²) in [6.45, 7) is 7.54. The van der Waals surface area contributed by atoms with Crippen LogP contribution in [0.15, 0.2) is 30.3 Å². The molecule has 3 rings (SSSR count). The molecule has 0 aliphatic carbocycles. The Bertz CT molecular complexity index is 417. The van der Waals surface area contributed by atoms with E-state index in [1.54, 1.807) is 0 Å². The molecule has 2 aliphatic heterocycles. The number of ether oxygens (including phenoxy) is 1. The molecule has 2 fully saturated rings. The van der Waals surface area contributed by atoms with Crippen LogP contribution < -0.4 is 10.2 Å². The minimum absolute atomic E-state index is 0.617. The van der Waals surface area contributed by atoms with Gasteiger partial charge in [-0.05, 0) is 25.6 Å². The molecule has 0 saturated carbocycles. The molecule has 2 atom stereocenters. The van der Waals surface area contributed by atoms with E-state index in [9.17, 15) is 0 Å². The monoisotopic (exact) mass is 289 g/mol. The lowest BCUT2D eigenvalue weighted by Gasteiger charge is -2.40. The molecule has 116 valence electrons. The molecule has 0 spiro atoms. The van der Waals surface area contributed by atoms with Crippen molar-refractivity contribution >= 4 is 5.69 Å². The normalized spacial score (nSPS) is 27.8. The minimum atomic E-state index is 0.617. The number of nitrogens with zero attached hydrogens (tertiary/aromatic N) is 2. The van der Waals surface area contributed by atoms with Crippen LogP contribution in [0, 0.1) is 5.92 Å². The molecule has 0 bridgehead atoms. The second-order valence-electron chi connectivity index (χ2n) is 6.14. The van der Waals surface area contributed by atoms with Crippen molar-refractivity contribution in [2.45, 2.75) is 12.5 Å². The fourth-order valence-electron chi connectivity index (χ4n) is 3.52. The van der Waals surface area contributed by atoms with E-state index in [0.717, 1.165) is 52.4 Å². The van der Waals surface area contributed by atoms with Crippen molar-refractivity contribution in [3.63, 3.8) is 0 Å². The summed E-state index contributed by atoms with van der Waals surface area (Å²) in [7, 11) is 2.08. The van der Waals surface area contributed by atoms with Crippen LogP contribution in [0.1, 0.15) is 6.42 Å². The van der Waals surface area contributed by atoms with Gasteiger partial charge in [-0.2, -0.15) is 0 Å². The molecule has 1 N–H and O–H groups in total. The second kappa shape index (κ2) is 7.25. The Morgan fingerprint density at radius 3 is 2.62 bits per heavy atom. The van der Waals surface area contributed by atoms with E-state index in [0.29, 0.717) is 12.0 Å². The van der Waals surface area contributed by atoms with Crippen molar-refractivity contribution in [3.05, 3.63) is 30.3 Å². The van der Waals surface area contributed by atoms with Gasteiger partial charge in [-0.15, -0.1) is 0 Å². The van der Waals surface area contributed by atoms with E-state index >= 15 is 0 Å². The summed E-state index contributed by atoms with van der Waals surface area (Å²) < 4.78 is 5.67. The molecule has 4 heteroatoms. The third kappa shape index (κ3) is 3.76. The summed E-state index contributed by atoms with van der Waals surface area (Å²) in [5.41, 5.74) is 1.35. The van der Waals surface area contributed by atoms with Gasteiger partial charge in [0.25, 0.3) is 0 Å². The van der Waals surface area contributed by atoms with Gasteiger partial charge in [-0.1, -0.05) is 18.2 Å². The maximum Gasteiger partial charge on any atom is 0.0521 e. The van der Waals surface area contributed by atoms with Crippen LogP contribution in [-0.4, -0.2) is 63.9 Å². The van der Waals surface area contributed by atoms with E-state index in [-0.39, 0.29) is 0 Å². The summed E-state index contributed by atoms with van der Waals surface area (Å²) in [6, 6.07) is 11.4. The molecule has 2 saturated heterocycles. The average Bonchev–Trinajstić information content (AvgIpc) is 2.57. The molecular formula is C17H27N3O. The van der Waals surface area contributed by atoms with Crippen molar-refractivity contribution in [1.29, 1.82) is 0 Å². The third-order valence-electron chi connectivity index (χ3n) is 4.83. The number of hydrogen-bond acceptors (Lipinski definition) is 4. The van der Waals surface area contributed by atoms with Crippen LogP contribution in [0.3, 0.4) is 0 Å². The van der Waals surface area contributed by atoms with E-state index in [1.165, 1.54) is 5.69 Å². The summed E-state index contributed by atoms with van der Waals surface area (Å²) in [5.74, 6) is 0.632. The van der Waals surface area contributed by atoms with Crippen LogP contribution in [-0.2, 0) is 4.74 Å². The van der Waals surface area contributed by atoms with Crippen LogP contribution in [0.2, 0.25) is 0 Å². The Kier molecular flexibility index (Phi) is 5.12. The number of rotatable bonds is 4. The highest BCUT2D eigenvalue weighted by molar-refractivity contribution is 5.46. The molecule has 2 aliphatic rings. The second-order valence-corrected chi connectivity index (χ2v) is 6.14. The van der Waals surface area contributed by atoms with Gasteiger partial charge in [-0.25, -0.2) is 0 Å². The topological polar surface area (TPSA) is 27.7 Å². The lowest BCUT2D eigenvalue weighted by molar-refractivity contribution is 0.0177. The lowest BCUT2D eigenvalue weighted by atomic mass is 9.95. The number of para-hydroxylation sites is 1. The number of hydrogen-bond donors (Lipinski definition) is 1. The largest absolute Gasteiger partial charge is 0.381 e. The van der Waals surface area contributed by atoms with Crippen molar-refractivity contribution in [1.82, 2.24) is 10.2 Å². The van der Waals surface area contributed by atoms with E-state index in [1.807, 2.05) is 0 Å².